The third-order valence-electron chi connectivity index (χ3n) is 4.18. The van der Waals surface area contributed by atoms with Crippen LogP contribution in [0.3, 0.4) is 0 Å². The number of carbonyl (C=O) groups excluding carboxylic acids is 1. The molecule has 0 bridgehead atoms. The van der Waals surface area contributed by atoms with E-state index in [9.17, 15) is 9.59 Å². The van der Waals surface area contributed by atoms with Crippen LogP contribution in [0.25, 0.3) is 10.9 Å². The van der Waals surface area contributed by atoms with E-state index in [2.05, 4.69) is 10.3 Å². The number of benzene rings is 2. The summed E-state index contributed by atoms with van der Waals surface area (Å²) >= 11 is 19.4. The van der Waals surface area contributed by atoms with E-state index in [1.165, 1.54) is 23.9 Å². The second-order valence-corrected chi connectivity index (χ2v) is 8.92. The molecular weight excluding hydrogens is 453 g/mol. The SMILES string of the molecule is CCCn1c(SC(C)C(=O)Nc2c(Cl)cc(Cl)cc2Cl)nc2ccccc2c1=O. The lowest BCUT2D eigenvalue weighted by atomic mass is 10.2. The molecule has 0 spiro atoms. The van der Waals surface area contributed by atoms with E-state index in [4.69, 9.17) is 34.8 Å². The number of amides is 1. The minimum Gasteiger partial charge on any atom is -0.323 e. The topological polar surface area (TPSA) is 64.0 Å². The zero-order valence-electron chi connectivity index (χ0n) is 15.7. The van der Waals surface area contributed by atoms with Gasteiger partial charge in [0.15, 0.2) is 5.16 Å². The number of nitrogens with zero attached hydrogens (tertiary/aromatic N) is 2. The number of para-hydroxylation sites is 1. The number of hydrogen-bond acceptors (Lipinski definition) is 4. The third kappa shape index (κ3) is 4.89. The molecule has 0 fully saturated rings. The van der Waals surface area contributed by atoms with Gasteiger partial charge >= 0.3 is 0 Å². The summed E-state index contributed by atoms with van der Waals surface area (Å²) in [5.74, 6) is -0.313. The van der Waals surface area contributed by atoms with E-state index in [0.29, 0.717) is 33.3 Å². The summed E-state index contributed by atoms with van der Waals surface area (Å²) in [6, 6.07) is 10.2. The number of hydrogen-bond donors (Lipinski definition) is 1. The average molecular weight is 471 g/mol. The first kappa shape index (κ1) is 22.0. The number of thioether (sulfide) groups is 1. The molecule has 1 unspecified atom stereocenters. The van der Waals surface area contributed by atoms with E-state index in [-0.39, 0.29) is 21.5 Å². The molecule has 29 heavy (non-hydrogen) atoms. The van der Waals surface area contributed by atoms with Crippen LogP contribution in [0, 0.1) is 0 Å². The van der Waals surface area contributed by atoms with Crippen molar-refractivity contribution in [1.29, 1.82) is 0 Å². The van der Waals surface area contributed by atoms with E-state index < -0.39 is 5.25 Å². The maximum Gasteiger partial charge on any atom is 0.262 e. The Balaban J connectivity index is 1.89. The van der Waals surface area contributed by atoms with Gasteiger partial charge in [-0.05, 0) is 37.6 Å². The highest BCUT2D eigenvalue weighted by Crippen LogP contribution is 2.34. The van der Waals surface area contributed by atoms with Crippen LogP contribution in [0.15, 0.2) is 46.3 Å². The predicted octanol–water partition coefficient (Wildman–Crippen LogP) is 5.89. The van der Waals surface area contributed by atoms with Crippen molar-refractivity contribution in [2.45, 2.75) is 37.2 Å². The van der Waals surface area contributed by atoms with Gasteiger partial charge in [0, 0.05) is 11.6 Å². The molecule has 1 N–H and O–H groups in total. The normalized spacial score (nSPS) is 12.2. The monoisotopic (exact) mass is 469 g/mol. The highest BCUT2D eigenvalue weighted by atomic mass is 35.5. The Hall–Kier alpha value is -1.73. The number of rotatable bonds is 6. The Kier molecular flexibility index (Phi) is 7.11. The van der Waals surface area contributed by atoms with Crippen LogP contribution < -0.4 is 10.9 Å². The maximum atomic E-state index is 12.9. The van der Waals surface area contributed by atoms with Crippen LogP contribution in [-0.4, -0.2) is 20.7 Å². The maximum absolute atomic E-state index is 12.9. The molecule has 0 saturated heterocycles. The smallest absolute Gasteiger partial charge is 0.262 e. The summed E-state index contributed by atoms with van der Waals surface area (Å²) in [7, 11) is 0. The molecule has 9 heteroatoms. The fourth-order valence-electron chi connectivity index (χ4n) is 2.76. The lowest BCUT2D eigenvalue weighted by Gasteiger charge is -2.17. The predicted molar refractivity (Wildman–Crippen MR) is 122 cm³/mol. The quantitative estimate of drug-likeness (QED) is 0.360. The van der Waals surface area contributed by atoms with Crippen molar-refractivity contribution in [2.24, 2.45) is 0 Å². The molecule has 0 saturated carbocycles. The molecule has 1 amide bonds. The molecule has 1 aromatic heterocycles. The van der Waals surface area contributed by atoms with Crippen molar-refractivity contribution in [3.8, 4) is 0 Å². The number of aromatic nitrogens is 2. The molecule has 1 heterocycles. The molecule has 0 aliphatic carbocycles. The molecule has 0 aliphatic heterocycles. The van der Waals surface area contributed by atoms with Crippen molar-refractivity contribution < 1.29 is 4.79 Å². The van der Waals surface area contributed by atoms with E-state index in [1.807, 2.05) is 19.1 Å². The van der Waals surface area contributed by atoms with Crippen LogP contribution in [0.1, 0.15) is 20.3 Å². The summed E-state index contributed by atoms with van der Waals surface area (Å²) < 4.78 is 1.61. The van der Waals surface area contributed by atoms with Gasteiger partial charge in [0.2, 0.25) is 5.91 Å². The van der Waals surface area contributed by atoms with E-state index in [1.54, 1.807) is 23.6 Å². The molecule has 2 aromatic carbocycles. The van der Waals surface area contributed by atoms with Crippen LogP contribution in [0.4, 0.5) is 5.69 Å². The Morgan fingerprint density at radius 1 is 1.21 bits per heavy atom. The third-order valence-corrected chi connectivity index (χ3v) is 6.08. The van der Waals surface area contributed by atoms with Gasteiger partial charge in [0.05, 0.1) is 31.9 Å². The Morgan fingerprint density at radius 3 is 2.52 bits per heavy atom. The second kappa shape index (κ2) is 9.39. The Morgan fingerprint density at radius 2 is 1.86 bits per heavy atom. The van der Waals surface area contributed by atoms with Crippen LogP contribution in [-0.2, 0) is 11.3 Å². The van der Waals surface area contributed by atoms with Gasteiger partial charge < -0.3 is 5.32 Å². The number of halogens is 3. The average Bonchev–Trinajstić information content (AvgIpc) is 2.67. The summed E-state index contributed by atoms with van der Waals surface area (Å²) in [5, 5.41) is 4.11. The highest BCUT2D eigenvalue weighted by molar-refractivity contribution is 8.00. The molecule has 1 atom stereocenters. The standard InChI is InChI=1S/C20H18Cl3N3O2S/c1-3-8-26-19(28)13-6-4-5-7-16(13)24-20(26)29-11(2)18(27)25-17-14(22)9-12(21)10-15(17)23/h4-7,9-11H,3,8H2,1-2H3,(H,25,27). The van der Waals surface area contributed by atoms with Gasteiger partial charge in [-0.25, -0.2) is 4.98 Å². The summed E-state index contributed by atoms with van der Waals surface area (Å²) in [6.07, 6.45) is 0.768. The van der Waals surface area contributed by atoms with Gasteiger partial charge in [0.25, 0.3) is 5.56 Å². The fourth-order valence-corrected chi connectivity index (χ4v) is 4.60. The van der Waals surface area contributed by atoms with Gasteiger partial charge in [0.1, 0.15) is 0 Å². The van der Waals surface area contributed by atoms with Crippen molar-refractivity contribution in [3.05, 3.63) is 61.8 Å². The Labute approximate surface area is 187 Å². The van der Waals surface area contributed by atoms with Crippen molar-refractivity contribution >= 4 is 69.1 Å². The fraction of sp³-hybridized carbons (Fsp3) is 0.250. The number of carbonyl (C=O) groups is 1. The summed E-state index contributed by atoms with van der Waals surface area (Å²) in [4.78, 5) is 30.2. The minimum atomic E-state index is -0.547. The van der Waals surface area contributed by atoms with E-state index in [0.717, 1.165) is 6.42 Å². The second-order valence-electron chi connectivity index (χ2n) is 6.36. The number of fused-ring (bicyclic) bond motifs is 1. The molecular formula is C20H18Cl3N3O2S. The Bertz CT molecular complexity index is 1110. The van der Waals surface area contributed by atoms with Gasteiger partial charge in [-0.15, -0.1) is 0 Å². The van der Waals surface area contributed by atoms with E-state index >= 15 is 0 Å². The van der Waals surface area contributed by atoms with Crippen LogP contribution >= 0.6 is 46.6 Å². The molecule has 0 aliphatic rings. The van der Waals surface area contributed by atoms with Gasteiger partial charge in [-0.2, -0.15) is 0 Å². The van der Waals surface area contributed by atoms with Crippen LogP contribution in [0.5, 0.6) is 0 Å². The largest absolute Gasteiger partial charge is 0.323 e. The zero-order valence-corrected chi connectivity index (χ0v) is 18.8. The van der Waals surface area contributed by atoms with Crippen LogP contribution in [0.2, 0.25) is 15.1 Å². The lowest BCUT2D eigenvalue weighted by molar-refractivity contribution is -0.115. The lowest BCUT2D eigenvalue weighted by Crippen LogP contribution is -2.27. The summed E-state index contributed by atoms with van der Waals surface area (Å²) in [6.45, 7) is 4.23. The van der Waals surface area contributed by atoms with Crippen molar-refractivity contribution in [1.82, 2.24) is 9.55 Å². The molecule has 5 nitrogen and oxygen atoms in total. The number of anilines is 1. The number of nitrogens with one attached hydrogen (secondary N) is 1. The first-order chi connectivity index (χ1) is 13.8. The summed E-state index contributed by atoms with van der Waals surface area (Å²) in [5.41, 5.74) is 0.785. The van der Waals surface area contributed by atoms with Crippen molar-refractivity contribution in [2.75, 3.05) is 5.32 Å². The van der Waals surface area contributed by atoms with Gasteiger partial charge in [-0.1, -0.05) is 65.6 Å². The minimum absolute atomic E-state index is 0.114. The van der Waals surface area contributed by atoms with Gasteiger partial charge in [-0.3, -0.25) is 14.2 Å². The zero-order chi connectivity index (χ0) is 21.1. The molecule has 0 radical (unpaired) electrons. The molecule has 152 valence electrons. The molecule has 3 rings (SSSR count). The first-order valence-electron chi connectivity index (χ1n) is 8.93. The molecule has 3 aromatic rings. The first-order valence-corrected chi connectivity index (χ1v) is 10.9. The highest BCUT2D eigenvalue weighted by Gasteiger charge is 2.21. The van der Waals surface area contributed by atoms with Crippen molar-refractivity contribution in [3.63, 3.8) is 0 Å².